The molecular weight excluding hydrogens is 483 g/mol. The van der Waals surface area contributed by atoms with Gasteiger partial charge in [-0.25, -0.2) is 0 Å². The zero-order chi connectivity index (χ0) is 19.3. The van der Waals surface area contributed by atoms with Crippen LogP contribution in [0.4, 0.5) is 18.9 Å². The molecule has 9 heteroatoms. The molecular formula is C17H14Br2F3NO3. The standard InChI is InChI=1S/C17H14Br2F3NO3/c1-10-6-11(18)16(12(19)7-10)23-15(24)8-25-13-4-2-3-5-14(13)26-9-17(20,21)22/h2-7H,8-9H2,1H3,(H,23,24). The van der Waals surface area contributed by atoms with E-state index < -0.39 is 18.7 Å². The highest BCUT2D eigenvalue weighted by molar-refractivity contribution is 9.11. The Labute approximate surface area is 164 Å². The van der Waals surface area contributed by atoms with Gasteiger partial charge in [0.2, 0.25) is 0 Å². The van der Waals surface area contributed by atoms with Crippen molar-refractivity contribution in [3.63, 3.8) is 0 Å². The van der Waals surface area contributed by atoms with Gasteiger partial charge in [0, 0.05) is 8.95 Å². The topological polar surface area (TPSA) is 47.6 Å². The fourth-order valence-electron chi connectivity index (χ4n) is 1.99. The molecule has 2 aromatic rings. The average Bonchev–Trinajstić information content (AvgIpc) is 2.54. The second-order valence-electron chi connectivity index (χ2n) is 5.29. The maximum atomic E-state index is 12.3. The SMILES string of the molecule is Cc1cc(Br)c(NC(=O)COc2ccccc2OCC(F)(F)F)c(Br)c1. The minimum absolute atomic E-state index is 0.0499. The smallest absolute Gasteiger partial charge is 0.422 e. The summed E-state index contributed by atoms with van der Waals surface area (Å²) in [5.41, 5.74) is 1.53. The van der Waals surface area contributed by atoms with E-state index in [1.807, 2.05) is 19.1 Å². The number of ether oxygens (including phenoxy) is 2. The summed E-state index contributed by atoms with van der Waals surface area (Å²) in [4.78, 5) is 12.1. The molecule has 1 N–H and O–H groups in total. The van der Waals surface area contributed by atoms with Crippen LogP contribution >= 0.6 is 31.9 Å². The van der Waals surface area contributed by atoms with E-state index >= 15 is 0 Å². The number of benzene rings is 2. The molecule has 0 aliphatic carbocycles. The van der Waals surface area contributed by atoms with E-state index in [1.54, 1.807) is 6.07 Å². The third kappa shape index (κ3) is 6.21. The lowest BCUT2D eigenvalue weighted by Gasteiger charge is -2.14. The van der Waals surface area contributed by atoms with Gasteiger partial charge in [-0.15, -0.1) is 0 Å². The summed E-state index contributed by atoms with van der Waals surface area (Å²) < 4.78 is 48.3. The summed E-state index contributed by atoms with van der Waals surface area (Å²) in [7, 11) is 0. The van der Waals surface area contributed by atoms with Crippen LogP contribution in [0.3, 0.4) is 0 Å². The molecule has 0 unspecified atom stereocenters. The quantitative estimate of drug-likeness (QED) is 0.576. The van der Waals surface area contributed by atoms with Gasteiger partial charge in [0.25, 0.3) is 5.91 Å². The van der Waals surface area contributed by atoms with Gasteiger partial charge in [-0.2, -0.15) is 13.2 Å². The predicted molar refractivity (Wildman–Crippen MR) is 98.7 cm³/mol. The van der Waals surface area contributed by atoms with Crippen molar-refractivity contribution < 1.29 is 27.4 Å². The number of anilines is 1. The van der Waals surface area contributed by atoms with Gasteiger partial charge in [0.05, 0.1) is 5.69 Å². The van der Waals surface area contributed by atoms with Crippen LogP contribution in [-0.2, 0) is 4.79 Å². The Morgan fingerprint density at radius 1 is 1.08 bits per heavy atom. The number of para-hydroxylation sites is 2. The monoisotopic (exact) mass is 495 g/mol. The number of carbonyl (C=O) groups is 1. The van der Waals surface area contributed by atoms with Gasteiger partial charge in [-0.05, 0) is 68.6 Å². The molecule has 0 aromatic heterocycles. The highest BCUT2D eigenvalue weighted by Crippen LogP contribution is 2.32. The Hall–Kier alpha value is -1.74. The first-order valence-corrected chi connectivity index (χ1v) is 8.91. The van der Waals surface area contributed by atoms with E-state index in [2.05, 4.69) is 37.2 Å². The van der Waals surface area contributed by atoms with Crippen molar-refractivity contribution in [2.75, 3.05) is 18.5 Å². The molecule has 0 fully saturated rings. The molecule has 0 saturated carbocycles. The third-order valence-electron chi connectivity index (χ3n) is 3.05. The summed E-state index contributed by atoms with van der Waals surface area (Å²) in [6.07, 6.45) is -4.46. The number of rotatable bonds is 6. The van der Waals surface area contributed by atoms with Crippen LogP contribution in [0.2, 0.25) is 0 Å². The van der Waals surface area contributed by atoms with E-state index in [0.29, 0.717) is 14.6 Å². The fourth-order valence-corrected chi connectivity index (χ4v) is 3.60. The Kier molecular flexibility index (Phi) is 6.94. The van der Waals surface area contributed by atoms with E-state index in [4.69, 9.17) is 9.47 Å². The summed E-state index contributed by atoms with van der Waals surface area (Å²) in [5.74, 6) is -0.509. The van der Waals surface area contributed by atoms with Crippen LogP contribution in [0.25, 0.3) is 0 Å². The van der Waals surface area contributed by atoms with Gasteiger partial charge in [0.1, 0.15) is 0 Å². The van der Waals surface area contributed by atoms with E-state index in [-0.39, 0.29) is 18.1 Å². The molecule has 26 heavy (non-hydrogen) atoms. The largest absolute Gasteiger partial charge is 0.480 e. The summed E-state index contributed by atoms with van der Waals surface area (Å²) in [6.45, 7) is 0.0735. The Balaban J connectivity index is 2.00. The van der Waals surface area contributed by atoms with Gasteiger partial charge >= 0.3 is 6.18 Å². The Morgan fingerprint density at radius 3 is 2.15 bits per heavy atom. The number of carbonyl (C=O) groups excluding carboxylic acids is 1. The predicted octanol–water partition coefficient (Wildman–Crippen LogP) is 5.48. The molecule has 0 spiro atoms. The van der Waals surface area contributed by atoms with Crippen molar-refractivity contribution in [3.05, 3.63) is 50.9 Å². The zero-order valence-corrected chi connectivity index (χ0v) is 16.7. The lowest BCUT2D eigenvalue weighted by Crippen LogP contribution is -2.22. The Morgan fingerprint density at radius 2 is 1.62 bits per heavy atom. The van der Waals surface area contributed by atoms with Gasteiger partial charge in [0.15, 0.2) is 24.7 Å². The first-order chi connectivity index (χ1) is 12.2. The summed E-state index contributed by atoms with van der Waals surface area (Å²) in [6, 6.07) is 9.52. The molecule has 0 aliphatic rings. The number of halogens is 5. The second kappa shape index (κ2) is 8.77. The van der Waals surface area contributed by atoms with Crippen LogP contribution in [0.1, 0.15) is 5.56 Å². The number of aryl methyl sites for hydroxylation is 1. The molecule has 2 aromatic carbocycles. The number of hydrogen-bond donors (Lipinski definition) is 1. The molecule has 0 aliphatic heterocycles. The van der Waals surface area contributed by atoms with Crippen LogP contribution in [0.5, 0.6) is 11.5 Å². The van der Waals surface area contributed by atoms with Crippen molar-refractivity contribution in [3.8, 4) is 11.5 Å². The maximum Gasteiger partial charge on any atom is 0.422 e. The molecule has 0 radical (unpaired) electrons. The lowest BCUT2D eigenvalue weighted by atomic mass is 10.2. The van der Waals surface area contributed by atoms with Gasteiger partial charge in [-0.1, -0.05) is 12.1 Å². The molecule has 0 heterocycles. The molecule has 140 valence electrons. The Bertz CT molecular complexity index is 774. The lowest BCUT2D eigenvalue weighted by molar-refractivity contribution is -0.153. The highest BCUT2D eigenvalue weighted by Gasteiger charge is 2.29. The van der Waals surface area contributed by atoms with E-state index in [0.717, 1.165) is 5.56 Å². The van der Waals surface area contributed by atoms with Crippen molar-refractivity contribution in [1.29, 1.82) is 0 Å². The number of nitrogens with one attached hydrogen (secondary N) is 1. The zero-order valence-electron chi connectivity index (χ0n) is 13.5. The summed E-state index contributed by atoms with van der Waals surface area (Å²) >= 11 is 6.72. The first-order valence-electron chi connectivity index (χ1n) is 7.32. The summed E-state index contributed by atoms with van der Waals surface area (Å²) in [5, 5.41) is 2.67. The van der Waals surface area contributed by atoms with Crippen molar-refractivity contribution >= 4 is 43.5 Å². The average molecular weight is 497 g/mol. The first kappa shape index (κ1) is 20.6. The maximum absolute atomic E-state index is 12.3. The molecule has 2 rings (SSSR count). The number of hydrogen-bond acceptors (Lipinski definition) is 3. The number of alkyl halides is 3. The van der Waals surface area contributed by atoms with Crippen molar-refractivity contribution in [1.82, 2.24) is 0 Å². The van der Waals surface area contributed by atoms with Crippen LogP contribution < -0.4 is 14.8 Å². The molecule has 0 atom stereocenters. The van der Waals surface area contributed by atoms with Crippen LogP contribution in [0, 0.1) is 6.92 Å². The van der Waals surface area contributed by atoms with E-state index in [1.165, 1.54) is 18.2 Å². The molecule has 1 amide bonds. The van der Waals surface area contributed by atoms with E-state index in [9.17, 15) is 18.0 Å². The highest BCUT2D eigenvalue weighted by atomic mass is 79.9. The van der Waals surface area contributed by atoms with Crippen molar-refractivity contribution in [2.24, 2.45) is 0 Å². The van der Waals surface area contributed by atoms with Gasteiger partial charge in [-0.3, -0.25) is 4.79 Å². The molecule has 0 saturated heterocycles. The van der Waals surface area contributed by atoms with Crippen LogP contribution in [-0.4, -0.2) is 25.3 Å². The van der Waals surface area contributed by atoms with Gasteiger partial charge < -0.3 is 14.8 Å². The van der Waals surface area contributed by atoms with Crippen molar-refractivity contribution in [2.45, 2.75) is 13.1 Å². The second-order valence-corrected chi connectivity index (χ2v) is 7.00. The molecule has 0 bridgehead atoms. The molecule has 4 nitrogen and oxygen atoms in total. The third-order valence-corrected chi connectivity index (χ3v) is 4.30. The van der Waals surface area contributed by atoms with Crippen LogP contribution in [0.15, 0.2) is 45.3 Å². The normalized spacial score (nSPS) is 11.2. The minimum Gasteiger partial charge on any atom is -0.480 e. The minimum atomic E-state index is -4.46. The number of amides is 1. The fraction of sp³-hybridized carbons (Fsp3) is 0.235.